The van der Waals surface area contributed by atoms with E-state index in [1.165, 1.54) is 20.8 Å². The van der Waals surface area contributed by atoms with Gasteiger partial charge in [0.05, 0.1) is 12.5 Å². The number of carbonyl (C=O) groups is 2. The van der Waals surface area contributed by atoms with Crippen LogP contribution in [0.1, 0.15) is 27.2 Å². The summed E-state index contributed by atoms with van der Waals surface area (Å²) in [7, 11) is -3.65. The number of nitrogens with one attached hydrogen (secondary N) is 1. The van der Waals surface area contributed by atoms with E-state index >= 15 is 0 Å². The van der Waals surface area contributed by atoms with Crippen molar-refractivity contribution in [1.82, 2.24) is 5.32 Å². The van der Waals surface area contributed by atoms with Crippen molar-refractivity contribution >= 4 is 34.1 Å². The van der Waals surface area contributed by atoms with Gasteiger partial charge in [0.25, 0.3) is 0 Å². The summed E-state index contributed by atoms with van der Waals surface area (Å²) in [6.45, 7) is 4.35. The lowest BCUT2D eigenvalue weighted by Crippen LogP contribution is -2.53. The Hall–Kier alpha value is -0.860. The van der Waals surface area contributed by atoms with Gasteiger partial charge in [-0.3, -0.25) is 9.59 Å². The first kappa shape index (κ1) is 20.5. The normalized spacial score (nSPS) is 15.0. The van der Waals surface area contributed by atoms with Crippen LogP contribution in [0, 0.1) is 5.41 Å². The number of hydrogen-bond donors (Lipinski definition) is 3. The molecule has 114 valence electrons. The van der Waals surface area contributed by atoms with Gasteiger partial charge in [-0.1, -0.05) is 13.8 Å². The van der Waals surface area contributed by atoms with E-state index in [1.807, 2.05) is 0 Å². The second kappa shape index (κ2) is 7.06. The first-order valence-electron chi connectivity index (χ1n) is 5.34. The second-order valence-corrected chi connectivity index (χ2v) is 7.20. The summed E-state index contributed by atoms with van der Waals surface area (Å²) in [4.78, 5) is 22.2. The molecule has 0 aromatic heterocycles. The fourth-order valence-corrected chi connectivity index (χ4v) is 3.20. The predicted molar refractivity (Wildman–Crippen MR) is 73.7 cm³/mol. The van der Waals surface area contributed by atoms with Crippen LogP contribution >= 0.6 is 12.4 Å². The van der Waals surface area contributed by atoms with E-state index in [4.69, 9.17) is 10.8 Å². The van der Waals surface area contributed by atoms with Gasteiger partial charge < -0.3 is 16.2 Å². The highest BCUT2D eigenvalue weighted by Gasteiger charge is 2.40. The quantitative estimate of drug-likeness (QED) is 0.620. The number of sulfone groups is 1. The van der Waals surface area contributed by atoms with Crippen molar-refractivity contribution in [3.8, 4) is 0 Å². The average molecular weight is 317 g/mol. The zero-order chi connectivity index (χ0) is 14.7. The monoisotopic (exact) mass is 316 g/mol. The Balaban J connectivity index is 0. The molecule has 9 heteroatoms. The second-order valence-electron chi connectivity index (χ2n) is 5.07. The molecular weight excluding hydrogens is 296 g/mol. The molecule has 0 saturated heterocycles. The standard InChI is InChI=1S/C10H20N2O5S.ClH/c1-6(11)8(15)12-9(18(4,16)17)10(2,3)5-7(13)14;/h6,9H,5,11H2,1-4H3,(H,12,15)(H,13,14);1H/t6-,9-;/m0./s1. The molecule has 0 aliphatic heterocycles. The molecule has 7 nitrogen and oxygen atoms in total. The molecule has 0 rings (SSSR count). The predicted octanol–water partition coefficient (Wildman–Crippen LogP) is -0.257. The zero-order valence-corrected chi connectivity index (χ0v) is 13.0. The van der Waals surface area contributed by atoms with Gasteiger partial charge in [-0.15, -0.1) is 12.4 Å². The molecule has 0 radical (unpaired) electrons. The van der Waals surface area contributed by atoms with Crippen LogP contribution in [-0.4, -0.2) is 43.1 Å². The lowest BCUT2D eigenvalue weighted by atomic mass is 9.89. The van der Waals surface area contributed by atoms with Crippen LogP contribution in [-0.2, 0) is 19.4 Å². The van der Waals surface area contributed by atoms with Crippen molar-refractivity contribution in [2.45, 2.75) is 38.6 Å². The highest BCUT2D eigenvalue weighted by molar-refractivity contribution is 7.91. The first-order chi connectivity index (χ1) is 7.88. The van der Waals surface area contributed by atoms with Crippen LogP contribution in [0.25, 0.3) is 0 Å². The van der Waals surface area contributed by atoms with E-state index in [2.05, 4.69) is 5.32 Å². The maximum Gasteiger partial charge on any atom is 0.304 e. The van der Waals surface area contributed by atoms with E-state index in [0.29, 0.717) is 0 Å². The molecule has 1 amide bonds. The molecule has 0 spiro atoms. The third kappa shape index (κ3) is 6.74. The van der Waals surface area contributed by atoms with E-state index in [0.717, 1.165) is 6.26 Å². The number of carboxylic acids is 1. The fourth-order valence-electron chi connectivity index (χ4n) is 1.63. The molecule has 0 unspecified atom stereocenters. The molecule has 0 fully saturated rings. The average Bonchev–Trinajstić information content (AvgIpc) is 2.08. The summed E-state index contributed by atoms with van der Waals surface area (Å²) in [5, 5.41) is 9.77. The number of carbonyl (C=O) groups excluding carboxylic acids is 1. The van der Waals surface area contributed by atoms with Crippen LogP contribution in [0.2, 0.25) is 0 Å². The van der Waals surface area contributed by atoms with Crippen molar-refractivity contribution in [3.63, 3.8) is 0 Å². The summed E-state index contributed by atoms with van der Waals surface area (Å²) in [5.41, 5.74) is 4.21. The van der Waals surface area contributed by atoms with Crippen LogP contribution < -0.4 is 11.1 Å². The van der Waals surface area contributed by atoms with Crippen LogP contribution in [0.15, 0.2) is 0 Å². The molecule has 0 heterocycles. The summed E-state index contributed by atoms with van der Waals surface area (Å²) in [6, 6.07) is -0.866. The van der Waals surface area contributed by atoms with Gasteiger partial charge >= 0.3 is 5.97 Å². The van der Waals surface area contributed by atoms with Crippen LogP contribution in [0.3, 0.4) is 0 Å². The van der Waals surface area contributed by atoms with Crippen molar-refractivity contribution in [2.75, 3.05) is 6.26 Å². The summed E-state index contributed by atoms with van der Waals surface area (Å²) >= 11 is 0. The largest absolute Gasteiger partial charge is 0.481 e. The summed E-state index contributed by atoms with van der Waals surface area (Å²) < 4.78 is 23.3. The molecule has 0 aliphatic carbocycles. The van der Waals surface area contributed by atoms with Gasteiger partial charge in [-0.2, -0.15) is 0 Å². The molecule has 0 aliphatic rings. The van der Waals surface area contributed by atoms with E-state index in [-0.39, 0.29) is 18.8 Å². The zero-order valence-electron chi connectivity index (χ0n) is 11.3. The van der Waals surface area contributed by atoms with Crippen LogP contribution in [0.5, 0.6) is 0 Å². The maximum absolute atomic E-state index is 11.7. The molecule has 0 aromatic carbocycles. The molecule has 2 atom stereocenters. The Morgan fingerprint density at radius 2 is 1.79 bits per heavy atom. The topological polar surface area (TPSA) is 127 Å². The molecule has 0 bridgehead atoms. The Labute approximate surface area is 119 Å². The Kier molecular flexibility index (Phi) is 7.61. The number of nitrogens with two attached hydrogens (primary N) is 1. The Morgan fingerprint density at radius 1 is 1.37 bits per heavy atom. The van der Waals surface area contributed by atoms with E-state index < -0.39 is 38.5 Å². The van der Waals surface area contributed by atoms with Crippen molar-refractivity contribution < 1.29 is 23.1 Å². The van der Waals surface area contributed by atoms with Gasteiger partial charge in [-0.25, -0.2) is 8.42 Å². The molecular formula is C10H21ClN2O5S. The number of halogens is 1. The molecule has 4 N–H and O–H groups in total. The van der Waals surface area contributed by atoms with Crippen molar-refractivity contribution in [2.24, 2.45) is 11.1 Å². The van der Waals surface area contributed by atoms with Gasteiger partial charge in [-0.05, 0) is 6.92 Å². The lowest BCUT2D eigenvalue weighted by molar-refractivity contribution is -0.139. The minimum atomic E-state index is -3.65. The minimum Gasteiger partial charge on any atom is -0.481 e. The van der Waals surface area contributed by atoms with Crippen molar-refractivity contribution in [1.29, 1.82) is 0 Å². The number of rotatable bonds is 6. The smallest absolute Gasteiger partial charge is 0.304 e. The third-order valence-electron chi connectivity index (χ3n) is 2.43. The Bertz CT molecular complexity index is 433. The first-order valence-corrected chi connectivity index (χ1v) is 7.30. The lowest BCUT2D eigenvalue weighted by Gasteiger charge is -2.32. The number of aliphatic carboxylic acids is 1. The molecule has 0 saturated carbocycles. The van der Waals surface area contributed by atoms with E-state index in [1.54, 1.807) is 0 Å². The summed E-state index contributed by atoms with van der Waals surface area (Å²) in [6.07, 6.45) is 0.562. The van der Waals surface area contributed by atoms with Crippen LogP contribution in [0.4, 0.5) is 0 Å². The molecule has 0 aromatic rings. The fraction of sp³-hybridized carbons (Fsp3) is 0.800. The Morgan fingerprint density at radius 3 is 2.05 bits per heavy atom. The number of amides is 1. The number of carboxylic acid groups (broad SMARTS) is 1. The molecule has 19 heavy (non-hydrogen) atoms. The van der Waals surface area contributed by atoms with Gasteiger partial charge in [0, 0.05) is 11.7 Å². The van der Waals surface area contributed by atoms with Crippen molar-refractivity contribution in [3.05, 3.63) is 0 Å². The third-order valence-corrected chi connectivity index (χ3v) is 4.04. The van der Waals surface area contributed by atoms with Gasteiger partial charge in [0.1, 0.15) is 5.37 Å². The van der Waals surface area contributed by atoms with Gasteiger partial charge in [0.15, 0.2) is 9.84 Å². The number of hydrogen-bond acceptors (Lipinski definition) is 5. The van der Waals surface area contributed by atoms with Gasteiger partial charge in [0.2, 0.25) is 5.91 Å². The SMILES string of the molecule is C[C@H](N)C(=O)N[C@H](C(C)(C)CC(=O)O)S(C)(=O)=O.Cl. The minimum absolute atomic E-state index is 0. The van der Waals surface area contributed by atoms with E-state index in [9.17, 15) is 18.0 Å². The maximum atomic E-state index is 11.7. The highest BCUT2D eigenvalue weighted by atomic mass is 35.5. The highest BCUT2D eigenvalue weighted by Crippen LogP contribution is 2.28. The summed E-state index contributed by atoms with van der Waals surface area (Å²) in [5.74, 6) is -1.77.